The van der Waals surface area contributed by atoms with Crippen LogP contribution < -0.4 is 5.32 Å². The van der Waals surface area contributed by atoms with Gasteiger partial charge in [-0.1, -0.05) is 0 Å². The lowest BCUT2D eigenvalue weighted by molar-refractivity contribution is -0.142. The van der Waals surface area contributed by atoms with Crippen molar-refractivity contribution < 1.29 is 9.90 Å². The molecule has 1 rings (SSSR count). The molecule has 58 valence electrons. The second-order valence-corrected chi connectivity index (χ2v) is 2.91. The highest BCUT2D eigenvalue weighted by Crippen LogP contribution is 2.17. The lowest BCUT2D eigenvalue weighted by Crippen LogP contribution is -2.23. The zero-order valence-corrected chi connectivity index (χ0v) is 6.47. The minimum atomic E-state index is -0.705. The van der Waals surface area contributed by atoms with E-state index in [1.54, 1.807) is 0 Å². The molecule has 2 unspecified atom stereocenters. The first-order valence-corrected chi connectivity index (χ1v) is 3.93. The van der Waals surface area contributed by atoms with Crippen molar-refractivity contribution in [1.29, 1.82) is 0 Å². The second kappa shape index (κ2) is 3.25. The van der Waals surface area contributed by atoms with Crippen LogP contribution >= 0.6 is 12.6 Å². The summed E-state index contributed by atoms with van der Waals surface area (Å²) in [6.45, 7) is 1.39. The third kappa shape index (κ3) is 1.44. The number of thiol groups is 1. The number of aliphatic carboxylic acids is 1. The van der Waals surface area contributed by atoms with Crippen LogP contribution in [0.2, 0.25) is 0 Å². The van der Waals surface area contributed by atoms with Crippen LogP contribution in [0.3, 0.4) is 0 Å². The fourth-order valence-electron chi connectivity index (χ4n) is 1.21. The molecule has 0 amide bonds. The molecule has 0 spiro atoms. The molecule has 0 aliphatic carbocycles. The first-order chi connectivity index (χ1) is 4.75. The van der Waals surface area contributed by atoms with Gasteiger partial charge in [0, 0.05) is 6.54 Å². The number of nitrogens with one attached hydrogen (secondary N) is 1. The van der Waals surface area contributed by atoms with Gasteiger partial charge in [-0.05, 0) is 18.2 Å². The summed E-state index contributed by atoms with van der Waals surface area (Å²) >= 11 is 4.07. The molecule has 4 heteroatoms. The van der Waals surface area contributed by atoms with Gasteiger partial charge in [0.25, 0.3) is 0 Å². The maximum atomic E-state index is 10.5. The second-order valence-electron chi connectivity index (χ2n) is 2.55. The van der Waals surface area contributed by atoms with Gasteiger partial charge >= 0.3 is 5.97 Å². The Kier molecular flexibility index (Phi) is 2.56. The largest absolute Gasteiger partial charge is 0.481 e. The highest BCUT2D eigenvalue weighted by Gasteiger charge is 2.31. The van der Waals surface area contributed by atoms with Gasteiger partial charge in [-0.15, -0.1) is 0 Å². The van der Waals surface area contributed by atoms with Crippen molar-refractivity contribution in [2.45, 2.75) is 0 Å². The zero-order valence-electron chi connectivity index (χ0n) is 5.58. The van der Waals surface area contributed by atoms with E-state index in [2.05, 4.69) is 17.9 Å². The summed E-state index contributed by atoms with van der Waals surface area (Å²) in [6, 6.07) is 0. The van der Waals surface area contributed by atoms with Crippen molar-refractivity contribution in [1.82, 2.24) is 5.32 Å². The van der Waals surface area contributed by atoms with Crippen LogP contribution in [0.1, 0.15) is 0 Å². The molecule has 2 N–H and O–H groups in total. The molecule has 0 bridgehead atoms. The Morgan fingerprint density at radius 3 is 2.80 bits per heavy atom. The van der Waals surface area contributed by atoms with Crippen LogP contribution in [0.15, 0.2) is 0 Å². The van der Waals surface area contributed by atoms with Crippen molar-refractivity contribution in [2.24, 2.45) is 11.8 Å². The van der Waals surface area contributed by atoms with Gasteiger partial charge < -0.3 is 10.4 Å². The molecule has 1 saturated heterocycles. The first-order valence-electron chi connectivity index (χ1n) is 3.30. The quantitative estimate of drug-likeness (QED) is 0.493. The summed E-state index contributed by atoms with van der Waals surface area (Å²) < 4.78 is 0. The Morgan fingerprint density at radius 2 is 2.40 bits per heavy atom. The van der Waals surface area contributed by atoms with Gasteiger partial charge in [0.05, 0.1) is 5.92 Å². The molecule has 1 aliphatic heterocycles. The van der Waals surface area contributed by atoms with Crippen LogP contribution in [0.4, 0.5) is 0 Å². The molecule has 1 heterocycles. The maximum Gasteiger partial charge on any atom is 0.308 e. The van der Waals surface area contributed by atoms with E-state index in [9.17, 15) is 4.79 Å². The predicted octanol–water partition coefficient (Wildman–Crippen LogP) is -0.164. The monoisotopic (exact) mass is 161 g/mol. The van der Waals surface area contributed by atoms with Crippen molar-refractivity contribution in [2.75, 3.05) is 18.8 Å². The molecule has 0 radical (unpaired) electrons. The summed E-state index contributed by atoms with van der Waals surface area (Å²) in [7, 11) is 0. The van der Waals surface area contributed by atoms with Crippen molar-refractivity contribution in [3.63, 3.8) is 0 Å². The number of rotatable bonds is 2. The molecule has 10 heavy (non-hydrogen) atoms. The number of carboxylic acid groups (broad SMARTS) is 1. The van der Waals surface area contributed by atoms with Crippen molar-refractivity contribution in [3.05, 3.63) is 0 Å². The molecule has 1 aliphatic rings. The van der Waals surface area contributed by atoms with Gasteiger partial charge in [0.1, 0.15) is 0 Å². The van der Waals surface area contributed by atoms with E-state index >= 15 is 0 Å². The SMILES string of the molecule is O=C(O)C1CNCC1CS. The van der Waals surface area contributed by atoms with Gasteiger partial charge in [0.15, 0.2) is 0 Å². The summed E-state index contributed by atoms with van der Waals surface area (Å²) in [5, 5.41) is 11.7. The molecule has 1 fully saturated rings. The predicted molar refractivity (Wildman–Crippen MR) is 41.3 cm³/mol. The normalized spacial score (nSPS) is 32.5. The van der Waals surface area contributed by atoms with Crippen LogP contribution in [0, 0.1) is 11.8 Å². The van der Waals surface area contributed by atoms with E-state index in [1.807, 2.05) is 0 Å². The minimum absolute atomic E-state index is 0.209. The van der Waals surface area contributed by atoms with Crippen LogP contribution in [-0.2, 0) is 4.79 Å². The van der Waals surface area contributed by atoms with E-state index in [1.165, 1.54) is 0 Å². The molecule has 3 nitrogen and oxygen atoms in total. The van der Waals surface area contributed by atoms with E-state index in [-0.39, 0.29) is 11.8 Å². The molecule has 0 aromatic heterocycles. The number of carboxylic acids is 1. The summed E-state index contributed by atoms with van der Waals surface area (Å²) in [6.07, 6.45) is 0. The Labute approximate surface area is 65.2 Å². The molecular formula is C6H11NO2S. The van der Waals surface area contributed by atoms with Gasteiger partial charge in [0.2, 0.25) is 0 Å². The van der Waals surface area contributed by atoms with Crippen molar-refractivity contribution >= 4 is 18.6 Å². The summed E-state index contributed by atoms with van der Waals surface area (Å²) in [5.41, 5.74) is 0. The van der Waals surface area contributed by atoms with Crippen LogP contribution in [0.25, 0.3) is 0 Å². The molecule has 0 aromatic carbocycles. The minimum Gasteiger partial charge on any atom is -0.481 e. The average Bonchev–Trinajstić information content (AvgIpc) is 2.33. The van der Waals surface area contributed by atoms with Crippen LogP contribution in [0.5, 0.6) is 0 Å². The number of hydrogen-bond acceptors (Lipinski definition) is 3. The fourth-order valence-corrected chi connectivity index (χ4v) is 1.60. The number of hydrogen-bond donors (Lipinski definition) is 3. The standard InChI is InChI=1S/C6H11NO2S/c8-6(9)5-2-7-1-4(5)3-10/h4-5,7,10H,1-3H2,(H,8,9). The smallest absolute Gasteiger partial charge is 0.308 e. The fraction of sp³-hybridized carbons (Fsp3) is 0.833. The van der Waals surface area contributed by atoms with Crippen LogP contribution in [-0.4, -0.2) is 29.9 Å². The van der Waals surface area contributed by atoms with E-state index in [0.29, 0.717) is 12.3 Å². The average molecular weight is 161 g/mol. The Hall–Kier alpha value is -0.220. The van der Waals surface area contributed by atoms with Crippen molar-refractivity contribution in [3.8, 4) is 0 Å². The highest BCUT2D eigenvalue weighted by atomic mass is 32.1. The maximum absolute atomic E-state index is 10.5. The van der Waals surface area contributed by atoms with Gasteiger partial charge in [-0.2, -0.15) is 12.6 Å². The molecule has 0 aromatic rings. The highest BCUT2D eigenvalue weighted by molar-refractivity contribution is 7.80. The third-order valence-electron chi connectivity index (χ3n) is 1.89. The Bertz CT molecular complexity index is 140. The van der Waals surface area contributed by atoms with E-state index < -0.39 is 5.97 Å². The first kappa shape index (κ1) is 7.88. The summed E-state index contributed by atoms with van der Waals surface area (Å²) in [4.78, 5) is 10.5. The van der Waals surface area contributed by atoms with E-state index in [0.717, 1.165) is 6.54 Å². The topological polar surface area (TPSA) is 49.3 Å². The Balaban J connectivity index is 2.50. The lowest BCUT2D eigenvalue weighted by Gasteiger charge is -2.09. The summed E-state index contributed by atoms with van der Waals surface area (Å²) in [5.74, 6) is -0.0633. The number of carbonyl (C=O) groups is 1. The molecule has 0 saturated carbocycles. The zero-order chi connectivity index (χ0) is 7.56. The van der Waals surface area contributed by atoms with E-state index in [4.69, 9.17) is 5.11 Å². The van der Waals surface area contributed by atoms with Gasteiger partial charge in [-0.25, -0.2) is 0 Å². The van der Waals surface area contributed by atoms with Gasteiger partial charge in [-0.3, -0.25) is 4.79 Å². The Morgan fingerprint density at radius 1 is 1.70 bits per heavy atom. The lowest BCUT2D eigenvalue weighted by atomic mass is 9.98. The molecular weight excluding hydrogens is 150 g/mol. The molecule has 2 atom stereocenters. The third-order valence-corrected chi connectivity index (χ3v) is 2.36.